The molecule has 0 radical (unpaired) electrons. The number of nitrogens with two attached hydrogens (primary N) is 1. The van der Waals surface area contributed by atoms with Crippen LogP contribution in [0.1, 0.15) is 30.5 Å². The van der Waals surface area contributed by atoms with Gasteiger partial charge in [-0.1, -0.05) is 49.7 Å². The zero-order valence-electron chi connectivity index (χ0n) is 11.7. The Morgan fingerprint density at radius 3 is 2.45 bits per heavy atom. The number of aryl methyl sites for hydroxylation is 1. The molecule has 0 heterocycles. The first-order valence-corrected chi connectivity index (χ1v) is 7.91. The molecule has 20 heavy (non-hydrogen) atoms. The summed E-state index contributed by atoms with van der Waals surface area (Å²) < 4.78 is 13.5. The van der Waals surface area contributed by atoms with Crippen molar-refractivity contribution in [1.82, 2.24) is 0 Å². The van der Waals surface area contributed by atoms with Gasteiger partial charge in [0.1, 0.15) is 5.82 Å². The Morgan fingerprint density at radius 1 is 1.10 bits per heavy atom. The zero-order valence-corrected chi connectivity index (χ0v) is 12.5. The fraction of sp³-hybridized carbons (Fsp3) is 0.294. The third-order valence-electron chi connectivity index (χ3n) is 3.20. The molecule has 0 aliphatic heterocycles. The quantitative estimate of drug-likeness (QED) is 0.788. The summed E-state index contributed by atoms with van der Waals surface area (Å²) in [7, 11) is 0. The maximum atomic E-state index is 13.5. The molecule has 0 saturated carbocycles. The van der Waals surface area contributed by atoms with E-state index in [1.807, 2.05) is 6.07 Å². The summed E-state index contributed by atoms with van der Waals surface area (Å²) in [4.78, 5) is 0.658. The molecule has 0 bridgehead atoms. The maximum absolute atomic E-state index is 13.5. The summed E-state index contributed by atoms with van der Waals surface area (Å²) in [6.45, 7) is 2.17. The number of hydrogen-bond donors (Lipinski definition) is 1. The van der Waals surface area contributed by atoms with E-state index >= 15 is 0 Å². The molecule has 0 aliphatic carbocycles. The van der Waals surface area contributed by atoms with E-state index in [4.69, 9.17) is 5.73 Å². The molecule has 0 fully saturated rings. The average Bonchev–Trinajstić information content (AvgIpc) is 2.47. The predicted octanol–water partition coefficient (Wildman–Crippen LogP) is 4.57. The lowest BCUT2D eigenvalue weighted by atomic mass is 10.0. The first-order chi connectivity index (χ1) is 9.70. The highest BCUT2D eigenvalue weighted by Crippen LogP contribution is 2.25. The minimum absolute atomic E-state index is 0.0738. The molecule has 0 aliphatic rings. The van der Waals surface area contributed by atoms with Crippen molar-refractivity contribution in [2.24, 2.45) is 5.73 Å². The second-order valence-corrected chi connectivity index (χ2v) is 5.90. The largest absolute Gasteiger partial charge is 0.323 e. The van der Waals surface area contributed by atoms with Crippen molar-refractivity contribution in [2.45, 2.75) is 30.7 Å². The highest BCUT2D eigenvalue weighted by atomic mass is 32.2. The van der Waals surface area contributed by atoms with Crippen molar-refractivity contribution in [3.63, 3.8) is 0 Å². The summed E-state index contributed by atoms with van der Waals surface area (Å²) in [5.74, 6) is 0.497. The lowest BCUT2D eigenvalue weighted by Crippen LogP contribution is -2.13. The van der Waals surface area contributed by atoms with Gasteiger partial charge in [-0.3, -0.25) is 0 Å². The fourth-order valence-corrected chi connectivity index (χ4v) is 2.99. The Morgan fingerprint density at radius 2 is 1.80 bits per heavy atom. The van der Waals surface area contributed by atoms with Gasteiger partial charge in [0.05, 0.1) is 0 Å². The second-order valence-electron chi connectivity index (χ2n) is 4.84. The summed E-state index contributed by atoms with van der Waals surface area (Å²) in [5.41, 5.74) is 8.62. The van der Waals surface area contributed by atoms with Gasteiger partial charge < -0.3 is 5.73 Å². The van der Waals surface area contributed by atoms with E-state index in [0.29, 0.717) is 10.6 Å². The molecule has 2 rings (SSSR count). The molecule has 1 atom stereocenters. The Kier molecular flexibility index (Phi) is 5.62. The van der Waals surface area contributed by atoms with Crippen LogP contribution in [0.2, 0.25) is 0 Å². The van der Waals surface area contributed by atoms with Gasteiger partial charge >= 0.3 is 0 Å². The van der Waals surface area contributed by atoms with Crippen molar-refractivity contribution in [3.8, 4) is 0 Å². The number of thioether (sulfide) groups is 1. The number of halogens is 1. The normalized spacial score (nSPS) is 12.3. The van der Waals surface area contributed by atoms with Gasteiger partial charge in [0, 0.05) is 16.7 Å². The summed E-state index contributed by atoms with van der Waals surface area (Å²) in [5, 5.41) is 0. The van der Waals surface area contributed by atoms with E-state index in [0.717, 1.165) is 18.4 Å². The van der Waals surface area contributed by atoms with E-state index in [2.05, 4.69) is 31.2 Å². The lowest BCUT2D eigenvalue weighted by Gasteiger charge is -2.12. The first kappa shape index (κ1) is 15.1. The van der Waals surface area contributed by atoms with Gasteiger partial charge in [-0.05, 0) is 29.7 Å². The number of hydrogen-bond acceptors (Lipinski definition) is 2. The minimum atomic E-state index is -0.178. The van der Waals surface area contributed by atoms with Gasteiger partial charge in [0.2, 0.25) is 0 Å². The van der Waals surface area contributed by atoms with Crippen molar-refractivity contribution in [2.75, 3.05) is 5.75 Å². The van der Waals surface area contributed by atoms with E-state index in [-0.39, 0.29) is 11.9 Å². The van der Waals surface area contributed by atoms with Crippen LogP contribution >= 0.6 is 11.8 Å². The van der Waals surface area contributed by atoms with Gasteiger partial charge in [0.15, 0.2) is 0 Å². The SMILES string of the molecule is CCCc1ccc(C(N)CSc2ccccc2F)cc1. The van der Waals surface area contributed by atoms with Crippen LogP contribution in [-0.4, -0.2) is 5.75 Å². The van der Waals surface area contributed by atoms with Crippen LogP contribution in [0.15, 0.2) is 53.4 Å². The van der Waals surface area contributed by atoms with Gasteiger partial charge in [-0.15, -0.1) is 11.8 Å². The Labute approximate surface area is 124 Å². The highest BCUT2D eigenvalue weighted by Gasteiger charge is 2.08. The first-order valence-electron chi connectivity index (χ1n) is 6.92. The molecule has 2 N–H and O–H groups in total. The van der Waals surface area contributed by atoms with Crippen molar-refractivity contribution in [3.05, 3.63) is 65.5 Å². The van der Waals surface area contributed by atoms with Crippen molar-refractivity contribution < 1.29 is 4.39 Å². The summed E-state index contributed by atoms with van der Waals surface area (Å²) in [6.07, 6.45) is 2.24. The second kappa shape index (κ2) is 7.46. The predicted molar refractivity (Wildman–Crippen MR) is 84.5 cm³/mol. The standard InChI is InChI=1S/C17H20FNS/c1-2-5-13-8-10-14(11-9-13)16(19)12-20-17-7-4-3-6-15(17)18/h3-4,6-11,16H,2,5,12,19H2,1H3. The molecule has 1 unspecified atom stereocenters. The van der Waals surface area contributed by atoms with Crippen LogP contribution < -0.4 is 5.73 Å². The minimum Gasteiger partial charge on any atom is -0.323 e. The molecule has 0 saturated heterocycles. The Hall–Kier alpha value is -1.32. The van der Waals surface area contributed by atoms with E-state index in [1.54, 1.807) is 12.1 Å². The van der Waals surface area contributed by atoms with Crippen LogP contribution in [-0.2, 0) is 6.42 Å². The summed E-state index contributed by atoms with van der Waals surface area (Å²) in [6, 6.07) is 15.2. The zero-order chi connectivity index (χ0) is 14.4. The third kappa shape index (κ3) is 4.09. The van der Waals surface area contributed by atoms with Crippen molar-refractivity contribution >= 4 is 11.8 Å². The molecule has 1 nitrogen and oxygen atoms in total. The molecule has 0 spiro atoms. The number of rotatable bonds is 6. The molecular weight excluding hydrogens is 269 g/mol. The van der Waals surface area contributed by atoms with Gasteiger partial charge in [0.25, 0.3) is 0 Å². The van der Waals surface area contributed by atoms with Crippen LogP contribution in [0, 0.1) is 5.82 Å². The smallest absolute Gasteiger partial charge is 0.136 e. The molecule has 106 valence electrons. The monoisotopic (exact) mass is 289 g/mol. The molecule has 0 aromatic heterocycles. The van der Waals surface area contributed by atoms with Crippen LogP contribution in [0.5, 0.6) is 0 Å². The van der Waals surface area contributed by atoms with Crippen LogP contribution in [0.25, 0.3) is 0 Å². The summed E-state index contributed by atoms with van der Waals surface area (Å²) >= 11 is 1.46. The van der Waals surface area contributed by atoms with E-state index < -0.39 is 0 Å². The van der Waals surface area contributed by atoms with Crippen LogP contribution in [0.4, 0.5) is 4.39 Å². The Balaban J connectivity index is 1.94. The number of benzene rings is 2. The van der Waals surface area contributed by atoms with E-state index in [9.17, 15) is 4.39 Å². The van der Waals surface area contributed by atoms with E-state index in [1.165, 1.54) is 23.4 Å². The third-order valence-corrected chi connectivity index (χ3v) is 4.37. The van der Waals surface area contributed by atoms with Gasteiger partial charge in [-0.2, -0.15) is 0 Å². The lowest BCUT2D eigenvalue weighted by molar-refractivity contribution is 0.602. The van der Waals surface area contributed by atoms with Gasteiger partial charge in [-0.25, -0.2) is 4.39 Å². The molecule has 2 aromatic rings. The topological polar surface area (TPSA) is 26.0 Å². The molecule has 2 aromatic carbocycles. The fourth-order valence-electron chi connectivity index (χ4n) is 2.06. The highest BCUT2D eigenvalue weighted by molar-refractivity contribution is 7.99. The van der Waals surface area contributed by atoms with Crippen molar-refractivity contribution in [1.29, 1.82) is 0 Å². The Bertz CT molecular complexity index is 539. The molecular formula is C17H20FNS. The molecule has 0 amide bonds. The van der Waals surface area contributed by atoms with Crippen LogP contribution in [0.3, 0.4) is 0 Å². The average molecular weight is 289 g/mol. The molecule has 3 heteroatoms. The maximum Gasteiger partial charge on any atom is 0.136 e.